The standard InChI is InChI=1S/C14H15IN4O2/c1-8-3-4-10(16)5-12(8)18-13(20)7-19-9(2)17-6-11(15)14(19)21/h3-6H,7,16H2,1-2H3,(H,18,20). The lowest BCUT2D eigenvalue weighted by molar-refractivity contribution is -0.116. The topological polar surface area (TPSA) is 90.0 Å². The lowest BCUT2D eigenvalue weighted by Gasteiger charge is -2.12. The fourth-order valence-corrected chi connectivity index (χ4v) is 2.28. The van der Waals surface area contributed by atoms with Crippen LogP contribution in [0.15, 0.2) is 29.2 Å². The fourth-order valence-electron chi connectivity index (χ4n) is 1.84. The molecule has 2 aromatic rings. The van der Waals surface area contributed by atoms with Gasteiger partial charge in [0.05, 0.1) is 3.57 Å². The minimum Gasteiger partial charge on any atom is -0.399 e. The highest BCUT2D eigenvalue weighted by atomic mass is 127. The maximum atomic E-state index is 12.1. The molecule has 1 aromatic heterocycles. The van der Waals surface area contributed by atoms with E-state index in [2.05, 4.69) is 10.3 Å². The molecule has 0 aliphatic heterocycles. The molecule has 2 rings (SSSR count). The fraction of sp³-hybridized carbons (Fsp3) is 0.214. The van der Waals surface area contributed by atoms with Crippen LogP contribution in [0.4, 0.5) is 11.4 Å². The van der Waals surface area contributed by atoms with Gasteiger partial charge in [-0.15, -0.1) is 0 Å². The molecule has 0 spiro atoms. The first kappa shape index (κ1) is 15.5. The van der Waals surface area contributed by atoms with Gasteiger partial charge in [0.25, 0.3) is 5.56 Å². The highest BCUT2D eigenvalue weighted by molar-refractivity contribution is 14.1. The van der Waals surface area contributed by atoms with Crippen LogP contribution < -0.4 is 16.6 Å². The highest BCUT2D eigenvalue weighted by Crippen LogP contribution is 2.18. The van der Waals surface area contributed by atoms with Crippen LogP contribution in [0.1, 0.15) is 11.4 Å². The van der Waals surface area contributed by atoms with Crippen molar-refractivity contribution in [3.8, 4) is 0 Å². The van der Waals surface area contributed by atoms with Crippen LogP contribution in [0.2, 0.25) is 0 Å². The summed E-state index contributed by atoms with van der Waals surface area (Å²) in [5.41, 5.74) is 7.60. The van der Waals surface area contributed by atoms with Gasteiger partial charge in [-0.1, -0.05) is 6.07 Å². The molecule has 0 radical (unpaired) electrons. The van der Waals surface area contributed by atoms with Crippen molar-refractivity contribution in [1.29, 1.82) is 0 Å². The Morgan fingerprint density at radius 3 is 2.86 bits per heavy atom. The maximum absolute atomic E-state index is 12.1. The number of hydrogen-bond acceptors (Lipinski definition) is 4. The van der Waals surface area contributed by atoms with Crippen LogP contribution in [-0.2, 0) is 11.3 Å². The van der Waals surface area contributed by atoms with Crippen molar-refractivity contribution >= 4 is 39.9 Å². The van der Waals surface area contributed by atoms with Gasteiger partial charge >= 0.3 is 0 Å². The molecular formula is C14H15IN4O2. The van der Waals surface area contributed by atoms with Gasteiger partial charge in [-0.2, -0.15) is 0 Å². The van der Waals surface area contributed by atoms with E-state index < -0.39 is 0 Å². The molecule has 3 N–H and O–H groups in total. The van der Waals surface area contributed by atoms with Crippen molar-refractivity contribution in [3.63, 3.8) is 0 Å². The van der Waals surface area contributed by atoms with Crippen molar-refractivity contribution in [1.82, 2.24) is 9.55 Å². The Hall–Kier alpha value is -1.90. The number of carbonyl (C=O) groups is 1. The summed E-state index contributed by atoms with van der Waals surface area (Å²) in [6.45, 7) is 3.48. The van der Waals surface area contributed by atoms with E-state index in [0.29, 0.717) is 20.8 Å². The SMILES string of the molecule is Cc1ccc(N)cc1NC(=O)Cn1c(C)ncc(I)c1=O. The number of carbonyl (C=O) groups excluding carboxylic acids is 1. The molecule has 0 aliphatic rings. The number of aryl methyl sites for hydroxylation is 2. The van der Waals surface area contributed by atoms with Gasteiger partial charge in [0.2, 0.25) is 5.91 Å². The zero-order valence-corrected chi connectivity index (χ0v) is 13.8. The number of benzene rings is 1. The predicted octanol–water partition coefficient (Wildman–Crippen LogP) is 1.69. The summed E-state index contributed by atoms with van der Waals surface area (Å²) in [5, 5.41) is 2.76. The van der Waals surface area contributed by atoms with Gasteiger partial charge in [0.15, 0.2) is 0 Å². The molecule has 1 amide bonds. The lowest BCUT2D eigenvalue weighted by atomic mass is 10.2. The Morgan fingerprint density at radius 2 is 2.14 bits per heavy atom. The number of halogens is 1. The van der Waals surface area contributed by atoms with Crippen LogP contribution in [0, 0.1) is 17.4 Å². The number of rotatable bonds is 3. The molecule has 110 valence electrons. The van der Waals surface area contributed by atoms with Crippen LogP contribution >= 0.6 is 22.6 Å². The van der Waals surface area contributed by atoms with Gasteiger partial charge in [-0.25, -0.2) is 4.98 Å². The van der Waals surface area contributed by atoms with Gasteiger partial charge in [-0.3, -0.25) is 14.2 Å². The highest BCUT2D eigenvalue weighted by Gasteiger charge is 2.11. The smallest absolute Gasteiger partial charge is 0.267 e. The van der Waals surface area contributed by atoms with Crippen LogP contribution in [0.25, 0.3) is 0 Å². The van der Waals surface area contributed by atoms with Crippen LogP contribution in [-0.4, -0.2) is 15.5 Å². The van der Waals surface area contributed by atoms with Crippen molar-refractivity contribution in [2.75, 3.05) is 11.1 Å². The van der Waals surface area contributed by atoms with Gasteiger partial charge in [-0.05, 0) is 54.1 Å². The first-order chi connectivity index (χ1) is 9.88. The molecule has 0 saturated carbocycles. The number of amides is 1. The first-order valence-corrected chi connectivity index (χ1v) is 7.34. The zero-order valence-electron chi connectivity index (χ0n) is 11.7. The third-order valence-electron chi connectivity index (χ3n) is 3.04. The van der Waals surface area contributed by atoms with Crippen molar-refractivity contribution < 1.29 is 4.79 Å². The van der Waals surface area contributed by atoms with E-state index in [1.807, 2.05) is 35.6 Å². The van der Waals surface area contributed by atoms with E-state index in [1.54, 1.807) is 19.1 Å². The second-order valence-electron chi connectivity index (χ2n) is 4.67. The molecule has 0 atom stereocenters. The van der Waals surface area contributed by atoms with E-state index in [9.17, 15) is 9.59 Å². The Labute approximate surface area is 135 Å². The minimum atomic E-state index is -0.294. The summed E-state index contributed by atoms with van der Waals surface area (Å²) < 4.78 is 1.82. The van der Waals surface area contributed by atoms with Crippen LogP contribution in [0.5, 0.6) is 0 Å². The summed E-state index contributed by atoms with van der Waals surface area (Å²) >= 11 is 1.90. The number of hydrogen-bond donors (Lipinski definition) is 2. The Balaban J connectivity index is 2.22. The van der Waals surface area contributed by atoms with Crippen LogP contribution in [0.3, 0.4) is 0 Å². The third kappa shape index (κ3) is 3.60. The summed E-state index contributed by atoms with van der Waals surface area (Å²) in [7, 11) is 0. The largest absolute Gasteiger partial charge is 0.399 e. The Kier molecular flexibility index (Phi) is 4.61. The number of anilines is 2. The summed E-state index contributed by atoms with van der Waals surface area (Å²) in [4.78, 5) is 28.2. The van der Waals surface area contributed by atoms with E-state index in [0.717, 1.165) is 5.56 Å². The number of nitrogens with zero attached hydrogens (tertiary/aromatic N) is 2. The molecule has 21 heavy (non-hydrogen) atoms. The molecule has 0 bridgehead atoms. The van der Waals surface area contributed by atoms with Crippen molar-refractivity contribution in [3.05, 3.63) is 49.7 Å². The second kappa shape index (κ2) is 6.25. The number of nitrogen functional groups attached to an aromatic ring is 1. The van der Waals surface area contributed by atoms with E-state index in [1.165, 1.54) is 10.8 Å². The van der Waals surface area contributed by atoms with Crippen molar-refractivity contribution in [2.24, 2.45) is 0 Å². The number of aromatic nitrogens is 2. The van der Waals surface area contributed by atoms with E-state index in [-0.39, 0.29) is 18.0 Å². The maximum Gasteiger partial charge on any atom is 0.267 e. The molecule has 1 aromatic carbocycles. The molecule has 1 heterocycles. The normalized spacial score (nSPS) is 10.4. The quantitative estimate of drug-likeness (QED) is 0.608. The van der Waals surface area contributed by atoms with Gasteiger partial charge in [0, 0.05) is 17.6 Å². The van der Waals surface area contributed by atoms with Crippen molar-refractivity contribution in [2.45, 2.75) is 20.4 Å². The minimum absolute atomic E-state index is 0.0806. The monoisotopic (exact) mass is 398 g/mol. The van der Waals surface area contributed by atoms with Gasteiger partial charge in [0.1, 0.15) is 12.4 Å². The molecular weight excluding hydrogens is 383 g/mol. The average molecular weight is 398 g/mol. The molecule has 0 aliphatic carbocycles. The van der Waals surface area contributed by atoms with Gasteiger partial charge < -0.3 is 11.1 Å². The lowest BCUT2D eigenvalue weighted by Crippen LogP contribution is -2.31. The van der Waals surface area contributed by atoms with E-state index in [4.69, 9.17) is 5.73 Å². The number of nitrogens with one attached hydrogen (secondary N) is 1. The Bertz CT molecular complexity index is 755. The Morgan fingerprint density at radius 1 is 1.43 bits per heavy atom. The zero-order chi connectivity index (χ0) is 15.6. The summed E-state index contributed by atoms with van der Waals surface area (Å²) in [6.07, 6.45) is 1.49. The molecule has 0 saturated heterocycles. The average Bonchev–Trinajstić information content (AvgIpc) is 2.43. The molecule has 0 unspecified atom stereocenters. The molecule has 7 heteroatoms. The summed E-state index contributed by atoms with van der Waals surface area (Å²) in [5.74, 6) is 0.206. The molecule has 6 nitrogen and oxygen atoms in total. The van der Waals surface area contributed by atoms with E-state index >= 15 is 0 Å². The first-order valence-electron chi connectivity index (χ1n) is 6.26. The summed E-state index contributed by atoms with van der Waals surface area (Å²) in [6, 6.07) is 5.29. The second-order valence-corrected chi connectivity index (χ2v) is 5.83. The number of nitrogens with two attached hydrogens (primary N) is 1. The predicted molar refractivity (Wildman–Crippen MR) is 90.2 cm³/mol. The third-order valence-corrected chi connectivity index (χ3v) is 3.78. The molecule has 0 fully saturated rings.